The average Bonchev–Trinajstić information content (AvgIpc) is 2.57. The first kappa shape index (κ1) is 9.85. The Balaban J connectivity index is 2.25. The van der Waals surface area contributed by atoms with Crippen LogP contribution < -0.4 is 11.1 Å². The summed E-state index contributed by atoms with van der Waals surface area (Å²) in [6, 6.07) is 0.0795. The van der Waals surface area contributed by atoms with Crippen LogP contribution in [0.3, 0.4) is 0 Å². The number of nitrogens with zero attached hydrogens (tertiary/aromatic N) is 4. The van der Waals surface area contributed by atoms with Crippen LogP contribution in [0.15, 0.2) is 12.4 Å². The van der Waals surface area contributed by atoms with Crippen molar-refractivity contribution in [2.45, 2.75) is 13.0 Å². The van der Waals surface area contributed by atoms with Gasteiger partial charge in [-0.25, -0.2) is 4.98 Å². The van der Waals surface area contributed by atoms with Crippen LogP contribution in [-0.2, 0) is 7.05 Å². The molecular formula is C9H14N6. The van der Waals surface area contributed by atoms with Crippen molar-refractivity contribution in [2.24, 2.45) is 12.8 Å². The number of aryl methyl sites for hydroxylation is 1. The molecule has 6 heteroatoms. The maximum Gasteiger partial charge on any atom is 0.224 e. The first-order valence-corrected chi connectivity index (χ1v) is 4.81. The highest BCUT2D eigenvalue weighted by molar-refractivity contribution is 5.74. The third-order valence-electron chi connectivity index (χ3n) is 2.05. The molecule has 0 amide bonds. The van der Waals surface area contributed by atoms with Crippen molar-refractivity contribution in [3.05, 3.63) is 12.4 Å². The molecule has 80 valence electrons. The van der Waals surface area contributed by atoms with E-state index in [-0.39, 0.29) is 6.04 Å². The number of hydrogen-bond donors (Lipinski definition) is 2. The summed E-state index contributed by atoms with van der Waals surface area (Å²) in [5.41, 5.74) is 6.44. The number of hydrogen-bond acceptors (Lipinski definition) is 5. The van der Waals surface area contributed by atoms with Gasteiger partial charge in [-0.05, 0) is 6.92 Å². The molecule has 0 saturated heterocycles. The number of fused-ring (bicyclic) bond motifs is 1. The van der Waals surface area contributed by atoms with Crippen LogP contribution in [0.1, 0.15) is 6.92 Å². The zero-order valence-electron chi connectivity index (χ0n) is 8.81. The van der Waals surface area contributed by atoms with E-state index in [9.17, 15) is 0 Å². The molecule has 2 aromatic rings. The van der Waals surface area contributed by atoms with E-state index in [1.165, 1.54) is 0 Å². The Morgan fingerprint density at radius 1 is 1.53 bits per heavy atom. The number of nitrogens with one attached hydrogen (secondary N) is 1. The molecule has 0 aliphatic carbocycles. The Morgan fingerprint density at radius 2 is 2.33 bits per heavy atom. The second-order valence-electron chi connectivity index (χ2n) is 3.60. The maximum absolute atomic E-state index is 5.63. The zero-order chi connectivity index (χ0) is 10.8. The van der Waals surface area contributed by atoms with E-state index >= 15 is 0 Å². The van der Waals surface area contributed by atoms with Crippen molar-refractivity contribution < 1.29 is 0 Å². The van der Waals surface area contributed by atoms with E-state index in [1.807, 2.05) is 14.0 Å². The maximum atomic E-state index is 5.63. The predicted molar refractivity (Wildman–Crippen MR) is 58.4 cm³/mol. The van der Waals surface area contributed by atoms with Gasteiger partial charge in [0.25, 0.3) is 0 Å². The fraction of sp³-hybridized carbons (Fsp3) is 0.444. The van der Waals surface area contributed by atoms with Gasteiger partial charge in [-0.15, -0.1) is 0 Å². The van der Waals surface area contributed by atoms with Crippen LogP contribution in [0.2, 0.25) is 0 Å². The Bertz CT molecular complexity index is 461. The van der Waals surface area contributed by atoms with E-state index < -0.39 is 0 Å². The fourth-order valence-corrected chi connectivity index (χ4v) is 1.27. The summed E-state index contributed by atoms with van der Waals surface area (Å²) < 4.78 is 1.72. The molecule has 0 bridgehead atoms. The number of nitrogens with two attached hydrogens (primary N) is 1. The van der Waals surface area contributed by atoms with Gasteiger partial charge in [0.05, 0.1) is 11.6 Å². The smallest absolute Gasteiger partial charge is 0.224 e. The standard InChI is InChI=1S/C9H14N6/c1-6(10)3-11-9-12-4-7-5-13-15(2)8(7)14-9/h4-6H,3,10H2,1-2H3,(H,11,12,14). The van der Waals surface area contributed by atoms with Crippen molar-refractivity contribution in [3.63, 3.8) is 0 Å². The highest BCUT2D eigenvalue weighted by Crippen LogP contribution is 2.10. The topological polar surface area (TPSA) is 81.6 Å². The summed E-state index contributed by atoms with van der Waals surface area (Å²) in [6.07, 6.45) is 3.49. The Morgan fingerprint density at radius 3 is 3.07 bits per heavy atom. The minimum atomic E-state index is 0.0795. The second kappa shape index (κ2) is 3.82. The molecular weight excluding hydrogens is 192 g/mol. The van der Waals surface area contributed by atoms with Crippen molar-refractivity contribution in [1.82, 2.24) is 19.7 Å². The Hall–Kier alpha value is -1.69. The Labute approximate surface area is 87.5 Å². The highest BCUT2D eigenvalue weighted by Gasteiger charge is 2.03. The lowest BCUT2D eigenvalue weighted by Gasteiger charge is -2.06. The molecule has 6 nitrogen and oxygen atoms in total. The molecule has 2 aromatic heterocycles. The summed E-state index contributed by atoms with van der Waals surface area (Å²) >= 11 is 0. The van der Waals surface area contributed by atoms with Crippen LogP contribution in [-0.4, -0.2) is 32.3 Å². The van der Waals surface area contributed by atoms with Gasteiger partial charge >= 0.3 is 0 Å². The SMILES string of the molecule is CC(N)CNc1ncc2cnn(C)c2n1. The fourth-order valence-electron chi connectivity index (χ4n) is 1.27. The Kier molecular flexibility index (Phi) is 2.51. The van der Waals surface area contributed by atoms with Crippen molar-refractivity contribution in [1.29, 1.82) is 0 Å². The molecule has 15 heavy (non-hydrogen) atoms. The number of aromatic nitrogens is 4. The third-order valence-corrected chi connectivity index (χ3v) is 2.05. The molecule has 0 saturated carbocycles. The summed E-state index contributed by atoms with van der Waals surface area (Å²) in [7, 11) is 1.85. The van der Waals surface area contributed by atoms with Gasteiger partial charge in [0.2, 0.25) is 5.95 Å². The van der Waals surface area contributed by atoms with Gasteiger partial charge in [-0.3, -0.25) is 4.68 Å². The molecule has 0 spiro atoms. The van der Waals surface area contributed by atoms with Gasteiger partial charge in [-0.1, -0.05) is 0 Å². The van der Waals surface area contributed by atoms with E-state index in [0.717, 1.165) is 11.0 Å². The molecule has 1 atom stereocenters. The van der Waals surface area contributed by atoms with Crippen LogP contribution in [0, 0.1) is 0 Å². The largest absolute Gasteiger partial charge is 0.353 e. The lowest BCUT2D eigenvalue weighted by molar-refractivity contribution is 0.768. The van der Waals surface area contributed by atoms with Gasteiger partial charge in [-0.2, -0.15) is 10.1 Å². The summed E-state index contributed by atoms with van der Waals surface area (Å²) in [5, 5.41) is 8.09. The second-order valence-corrected chi connectivity index (χ2v) is 3.60. The predicted octanol–water partition coefficient (Wildman–Crippen LogP) is 0.122. The van der Waals surface area contributed by atoms with E-state index in [4.69, 9.17) is 5.73 Å². The minimum Gasteiger partial charge on any atom is -0.353 e. The third kappa shape index (κ3) is 2.04. The summed E-state index contributed by atoms with van der Waals surface area (Å²) in [5.74, 6) is 0.586. The average molecular weight is 206 g/mol. The quantitative estimate of drug-likeness (QED) is 0.745. The number of anilines is 1. The van der Waals surface area contributed by atoms with Crippen LogP contribution in [0.5, 0.6) is 0 Å². The van der Waals surface area contributed by atoms with Gasteiger partial charge < -0.3 is 11.1 Å². The van der Waals surface area contributed by atoms with Crippen LogP contribution in [0.25, 0.3) is 11.0 Å². The van der Waals surface area contributed by atoms with Crippen LogP contribution >= 0.6 is 0 Å². The van der Waals surface area contributed by atoms with E-state index in [0.29, 0.717) is 12.5 Å². The van der Waals surface area contributed by atoms with Gasteiger partial charge in [0.15, 0.2) is 5.65 Å². The van der Waals surface area contributed by atoms with Crippen molar-refractivity contribution in [2.75, 3.05) is 11.9 Å². The number of rotatable bonds is 3. The summed E-state index contributed by atoms with van der Waals surface area (Å²) in [4.78, 5) is 8.49. The first-order chi connectivity index (χ1) is 7.16. The van der Waals surface area contributed by atoms with E-state index in [1.54, 1.807) is 17.1 Å². The molecule has 0 aliphatic heterocycles. The van der Waals surface area contributed by atoms with Crippen molar-refractivity contribution in [3.8, 4) is 0 Å². The van der Waals surface area contributed by atoms with E-state index in [2.05, 4.69) is 20.4 Å². The molecule has 2 heterocycles. The lowest BCUT2D eigenvalue weighted by atomic mass is 10.4. The minimum absolute atomic E-state index is 0.0795. The monoisotopic (exact) mass is 206 g/mol. The highest BCUT2D eigenvalue weighted by atomic mass is 15.3. The molecule has 1 unspecified atom stereocenters. The zero-order valence-corrected chi connectivity index (χ0v) is 8.81. The lowest BCUT2D eigenvalue weighted by Crippen LogP contribution is -2.25. The molecule has 3 N–H and O–H groups in total. The normalized spacial score (nSPS) is 13.0. The van der Waals surface area contributed by atoms with Gasteiger partial charge in [0.1, 0.15) is 0 Å². The molecule has 0 fully saturated rings. The molecule has 0 aromatic carbocycles. The molecule has 2 rings (SSSR count). The van der Waals surface area contributed by atoms with Crippen molar-refractivity contribution >= 4 is 17.0 Å². The molecule has 0 radical (unpaired) electrons. The van der Waals surface area contributed by atoms with Gasteiger partial charge in [0, 0.05) is 25.8 Å². The molecule has 0 aliphatic rings. The summed E-state index contributed by atoms with van der Waals surface area (Å²) in [6.45, 7) is 2.58. The van der Waals surface area contributed by atoms with Crippen LogP contribution in [0.4, 0.5) is 5.95 Å². The first-order valence-electron chi connectivity index (χ1n) is 4.81.